The molecule has 5 nitrogen and oxygen atoms in total. The number of carbonyl (C=O) groups excluding carboxylic acids is 2. The molecule has 2 amide bonds. The second kappa shape index (κ2) is 8.21. The molecule has 0 fully saturated rings. The van der Waals surface area contributed by atoms with Crippen molar-refractivity contribution in [1.82, 2.24) is 5.43 Å². The zero-order valence-corrected chi connectivity index (χ0v) is 13.6. The lowest BCUT2D eigenvalue weighted by atomic mass is 10.2. The van der Waals surface area contributed by atoms with Gasteiger partial charge in [-0.15, -0.1) is 0 Å². The smallest absolute Gasteiger partial charge is 0.271 e. The molecule has 0 aliphatic heterocycles. The van der Waals surface area contributed by atoms with Gasteiger partial charge in [0.2, 0.25) is 5.91 Å². The molecule has 0 aliphatic carbocycles. The third kappa shape index (κ3) is 4.89. The first kappa shape index (κ1) is 17.6. The maximum absolute atomic E-state index is 12.9. The molecule has 0 saturated carbocycles. The Labute approximate surface area is 143 Å². The van der Waals surface area contributed by atoms with E-state index in [0.717, 1.165) is 6.07 Å². The average Bonchev–Trinajstić information content (AvgIpc) is 2.57. The van der Waals surface area contributed by atoms with Gasteiger partial charge in [-0.25, -0.2) is 9.82 Å². The van der Waals surface area contributed by atoms with Crippen molar-refractivity contribution in [3.05, 3.63) is 64.4 Å². The van der Waals surface area contributed by atoms with E-state index in [9.17, 15) is 14.0 Å². The number of nitrogens with one attached hydrogen (secondary N) is 2. The molecule has 124 valence electrons. The number of benzene rings is 2. The van der Waals surface area contributed by atoms with E-state index in [1.807, 2.05) is 0 Å². The highest BCUT2D eigenvalue weighted by Gasteiger charge is 2.05. The zero-order chi connectivity index (χ0) is 17.5. The van der Waals surface area contributed by atoms with E-state index in [-0.39, 0.29) is 10.9 Å². The summed E-state index contributed by atoms with van der Waals surface area (Å²) in [5.41, 5.74) is 3.83. The summed E-state index contributed by atoms with van der Waals surface area (Å²) in [4.78, 5) is 23.2. The summed E-state index contributed by atoms with van der Waals surface area (Å²) in [6, 6.07) is 10.3. The molecule has 2 N–H and O–H groups in total. The van der Waals surface area contributed by atoms with Crippen LogP contribution in [0, 0.1) is 5.82 Å². The van der Waals surface area contributed by atoms with E-state index in [2.05, 4.69) is 15.8 Å². The van der Waals surface area contributed by atoms with Gasteiger partial charge in [0.25, 0.3) is 5.91 Å². The Morgan fingerprint density at radius 1 is 1.21 bits per heavy atom. The van der Waals surface area contributed by atoms with Gasteiger partial charge >= 0.3 is 0 Å². The number of hydrazone groups is 1. The van der Waals surface area contributed by atoms with Crippen LogP contribution in [0.1, 0.15) is 29.3 Å². The summed E-state index contributed by atoms with van der Waals surface area (Å²) in [7, 11) is 0. The molecular formula is C17H15ClFN3O2. The molecule has 0 saturated heterocycles. The minimum atomic E-state index is -0.448. The lowest BCUT2D eigenvalue weighted by Crippen LogP contribution is -2.17. The number of carbonyl (C=O) groups is 2. The number of hydrogen-bond acceptors (Lipinski definition) is 3. The average molecular weight is 348 g/mol. The highest BCUT2D eigenvalue weighted by molar-refractivity contribution is 6.33. The Kier molecular flexibility index (Phi) is 6.03. The third-order valence-corrected chi connectivity index (χ3v) is 3.41. The maximum Gasteiger partial charge on any atom is 0.271 e. The fraction of sp³-hybridized carbons (Fsp3) is 0.118. The van der Waals surface area contributed by atoms with Gasteiger partial charge < -0.3 is 5.32 Å². The van der Waals surface area contributed by atoms with Gasteiger partial charge in [0.15, 0.2) is 0 Å². The van der Waals surface area contributed by atoms with Crippen molar-refractivity contribution in [2.45, 2.75) is 13.3 Å². The number of rotatable bonds is 5. The molecule has 2 rings (SSSR count). The molecule has 7 heteroatoms. The van der Waals surface area contributed by atoms with Crippen LogP contribution in [0.25, 0.3) is 0 Å². The number of amides is 2. The first-order valence-corrected chi connectivity index (χ1v) is 7.55. The van der Waals surface area contributed by atoms with Crippen LogP contribution in [0.5, 0.6) is 0 Å². The van der Waals surface area contributed by atoms with E-state index in [0.29, 0.717) is 23.2 Å². The molecule has 0 bridgehead atoms. The van der Waals surface area contributed by atoms with Crippen molar-refractivity contribution in [3.63, 3.8) is 0 Å². The monoisotopic (exact) mass is 347 g/mol. The molecule has 0 atom stereocenters. The van der Waals surface area contributed by atoms with E-state index in [1.54, 1.807) is 31.2 Å². The molecular weight excluding hydrogens is 333 g/mol. The Morgan fingerprint density at radius 3 is 2.54 bits per heavy atom. The number of hydrogen-bond donors (Lipinski definition) is 2. The van der Waals surface area contributed by atoms with E-state index in [1.165, 1.54) is 18.3 Å². The molecule has 0 unspecified atom stereocenters. The quantitative estimate of drug-likeness (QED) is 0.641. The highest BCUT2D eigenvalue weighted by Crippen LogP contribution is 2.15. The standard InChI is InChI=1S/C17H15ClFN3O2/c1-2-16(23)21-14-7-4-11(5-8-14)17(24)22-20-10-12-3-6-13(19)9-15(12)18/h3-10H,2H2,1H3,(H,21,23)(H,22,24). The Hall–Kier alpha value is -2.73. The topological polar surface area (TPSA) is 70.6 Å². The Bertz CT molecular complexity index is 776. The van der Waals surface area contributed by atoms with Gasteiger partial charge in [0.05, 0.1) is 11.2 Å². The molecule has 0 radical (unpaired) electrons. The zero-order valence-electron chi connectivity index (χ0n) is 12.8. The lowest BCUT2D eigenvalue weighted by molar-refractivity contribution is -0.115. The summed E-state index contributed by atoms with van der Waals surface area (Å²) in [6.07, 6.45) is 1.71. The molecule has 0 heterocycles. The van der Waals surface area contributed by atoms with Gasteiger partial charge in [-0.2, -0.15) is 5.10 Å². The number of anilines is 1. The van der Waals surface area contributed by atoms with Crippen molar-refractivity contribution in [3.8, 4) is 0 Å². The van der Waals surface area contributed by atoms with Crippen LogP contribution in [0.3, 0.4) is 0 Å². The number of halogens is 2. The predicted octanol–water partition coefficient (Wildman–Crippen LogP) is 3.59. The summed E-state index contributed by atoms with van der Waals surface area (Å²) < 4.78 is 12.9. The summed E-state index contributed by atoms with van der Waals surface area (Å²) in [5, 5.41) is 6.68. The Balaban J connectivity index is 1.97. The summed E-state index contributed by atoms with van der Waals surface area (Å²) >= 11 is 5.85. The Morgan fingerprint density at radius 2 is 1.92 bits per heavy atom. The SMILES string of the molecule is CCC(=O)Nc1ccc(C(=O)NN=Cc2ccc(F)cc2Cl)cc1. The fourth-order valence-electron chi connectivity index (χ4n) is 1.79. The van der Waals surface area contributed by atoms with Crippen LogP contribution in [-0.2, 0) is 4.79 Å². The van der Waals surface area contributed by atoms with Crippen LogP contribution in [0.15, 0.2) is 47.6 Å². The van der Waals surface area contributed by atoms with Gasteiger partial charge in [-0.3, -0.25) is 9.59 Å². The third-order valence-electron chi connectivity index (χ3n) is 3.08. The van der Waals surface area contributed by atoms with Crippen LogP contribution in [0.2, 0.25) is 5.02 Å². The first-order chi connectivity index (χ1) is 11.5. The number of nitrogens with zero attached hydrogens (tertiary/aromatic N) is 1. The second-order valence-corrected chi connectivity index (χ2v) is 5.25. The molecule has 0 spiro atoms. The molecule has 24 heavy (non-hydrogen) atoms. The van der Waals surface area contributed by atoms with Crippen LogP contribution < -0.4 is 10.7 Å². The molecule has 2 aromatic carbocycles. The predicted molar refractivity (Wildman–Crippen MR) is 91.8 cm³/mol. The van der Waals surface area contributed by atoms with Crippen molar-refractivity contribution in [1.29, 1.82) is 0 Å². The van der Waals surface area contributed by atoms with E-state index in [4.69, 9.17) is 11.6 Å². The maximum atomic E-state index is 12.9. The largest absolute Gasteiger partial charge is 0.326 e. The van der Waals surface area contributed by atoms with Gasteiger partial charge in [0.1, 0.15) is 5.82 Å². The van der Waals surface area contributed by atoms with Gasteiger partial charge in [-0.1, -0.05) is 18.5 Å². The normalized spacial score (nSPS) is 10.6. The van der Waals surface area contributed by atoms with Crippen molar-refractivity contribution >= 4 is 35.3 Å². The fourth-order valence-corrected chi connectivity index (χ4v) is 2.00. The summed E-state index contributed by atoms with van der Waals surface area (Å²) in [6.45, 7) is 1.75. The van der Waals surface area contributed by atoms with Crippen molar-refractivity contribution in [2.75, 3.05) is 5.32 Å². The minimum absolute atomic E-state index is 0.104. The van der Waals surface area contributed by atoms with Crippen LogP contribution in [-0.4, -0.2) is 18.0 Å². The molecule has 0 aliphatic rings. The summed E-state index contributed by atoms with van der Waals surface area (Å²) in [5.74, 6) is -0.970. The van der Waals surface area contributed by atoms with Crippen LogP contribution in [0.4, 0.5) is 10.1 Å². The second-order valence-electron chi connectivity index (χ2n) is 4.84. The minimum Gasteiger partial charge on any atom is -0.326 e. The van der Waals surface area contributed by atoms with Gasteiger partial charge in [-0.05, 0) is 42.5 Å². The molecule has 2 aromatic rings. The van der Waals surface area contributed by atoms with Crippen molar-refractivity contribution < 1.29 is 14.0 Å². The van der Waals surface area contributed by atoms with E-state index < -0.39 is 11.7 Å². The van der Waals surface area contributed by atoms with Crippen LogP contribution >= 0.6 is 11.6 Å². The van der Waals surface area contributed by atoms with E-state index >= 15 is 0 Å². The highest BCUT2D eigenvalue weighted by atomic mass is 35.5. The van der Waals surface area contributed by atoms with Crippen molar-refractivity contribution in [2.24, 2.45) is 5.10 Å². The molecule has 0 aromatic heterocycles. The lowest BCUT2D eigenvalue weighted by Gasteiger charge is -2.05. The van der Waals surface area contributed by atoms with Gasteiger partial charge in [0, 0.05) is 23.2 Å². The first-order valence-electron chi connectivity index (χ1n) is 7.18.